The summed E-state index contributed by atoms with van der Waals surface area (Å²) in [6.45, 7) is 5.78. The third-order valence-electron chi connectivity index (χ3n) is 3.63. The number of unbranched alkanes of at least 4 members (excludes halogenated alkanes) is 1. The van der Waals surface area contributed by atoms with Crippen LogP contribution in [0.25, 0.3) is 0 Å². The van der Waals surface area contributed by atoms with Crippen LogP contribution < -0.4 is 11.1 Å². The molecule has 0 aliphatic carbocycles. The van der Waals surface area contributed by atoms with Crippen molar-refractivity contribution in [2.75, 3.05) is 6.54 Å². The van der Waals surface area contributed by atoms with Crippen molar-refractivity contribution in [2.24, 2.45) is 5.73 Å². The fourth-order valence-corrected chi connectivity index (χ4v) is 2.72. The number of hydrogen-bond donors (Lipinski definition) is 2. The van der Waals surface area contributed by atoms with Crippen molar-refractivity contribution in [1.82, 2.24) is 5.32 Å². The molecular weight excluding hydrogens is 428 g/mol. The van der Waals surface area contributed by atoms with E-state index in [9.17, 15) is 14.4 Å². The summed E-state index contributed by atoms with van der Waals surface area (Å²) in [5.41, 5.74) is 6.20. The second-order valence-electron chi connectivity index (χ2n) is 7.43. The molecule has 2 atom stereocenters. The van der Waals surface area contributed by atoms with Crippen LogP contribution in [0.2, 0.25) is 0 Å². The van der Waals surface area contributed by atoms with Crippen LogP contribution >= 0.6 is 15.9 Å². The molecular formula is C20H29BrN2O5. The quantitative estimate of drug-likeness (QED) is 0.255. The Bertz CT molecular complexity index is 646. The van der Waals surface area contributed by atoms with Gasteiger partial charge >= 0.3 is 18.0 Å². The standard InChI is InChI=1S/C20H29BrN2O5/c1-20(2,3)28-19(26)23-12-8-7-11-16(22)18(25)27-17(24)15(21)13-14-9-5-4-6-10-14/h4-6,9-10,15-16H,7-8,11-13,22H2,1-3H3,(H,23,26)/t15-,16+/m1/s1. The summed E-state index contributed by atoms with van der Waals surface area (Å²) in [7, 11) is 0. The van der Waals surface area contributed by atoms with Gasteiger partial charge in [0, 0.05) is 6.54 Å². The molecule has 0 bridgehead atoms. The summed E-state index contributed by atoms with van der Waals surface area (Å²) in [6, 6.07) is 8.53. The van der Waals surface area contributed by atoms with E-state index >= 15 is 0 Å². The van der Waals surface area contributed by atoms with Gasteiger partial charge in [-0.15, -0.1) is 0 Å². The van der Waals surface area contributed by atoms with Crippen molar-refractivity contribution >= 4 is 34.0 Å². The normalized spacial score (nSPS) is 13.3. The Morgan fingerprint density at radius 3 is 2.36 bits per heavy atom. The van der Waals surface area contributed by atoms with Crippen molar-refractivity contribution in [2.45, 2.75) is 62.9 Å². The molecule has 0 saturated heterocycles. The predicted octanol–water partition coefficient (Wildman–Crippen LogP) is 3.08. The largest absolute Gasteiger partial charge is 0.444 e. The number of alkyl halides is 1. The van der Waals surface area contributed by atoms with E-state index < -0.39 is 34.5 Å². The van der Waals surface area contributed by atoms with Gasteiger partial charge in [-0.05, 0) is 52.0 Å². The van der Waals surface area contributed by atoms with Crippen molar-refractivity contribution < 1.29 is 23.9 Å². The predicted molar refractivity (Wildman–Crippen MR) is 110 cm³/mol. The Labute approximate surface area is 174 Å². The lowest BCUT2D eigenvalue weighted by Crippen LogP contribution is -2.36. The Kier molecular flexibility index (Phi) is 10.2. The van der Waals surface area contributed by atoms with Crippen molar-refractivity contribution in [3.05, 3.63) is 35.9 Å². The number of carbonyl (C=O) groups is 3. The van der Waals surface area contributed by atoms with Gasteiger partial charge in [-0.1, -0.05) is 46.3 Å². The zero-order valence-corrected chi connectivity index (χ0v) is 18.2. The zero-order valence-electron chi connectivity index (χ0n) is 16.6. The number of ether oxygens (including phenoxy) is 2. The first-order valence-electron chi connectivity index (χ1n) is 9.24. The van der Waals surface area contributed by atoms with Gasteiger partial charge in [0.25, 0.3) is 0 Å². The number of rotatable bonds is 9. The van der Waals surface area contributed by atoms with Gasteiger partial charge in [-0.25, -0.2) is 9.59 Å². The van der Waals surface area contributed by atoms with E-state index in [1.807, 2.05) is 30.3 Å². The number of amides is 1. The molecule has 1 aromatic carbocycles. The Balaban J connectivity index is 2.23. The third-order valence-corrected chi connectivity index (χ3v) is 4.33. The smallest absolute Gasteiger partial charge is 0.407 e. The highest BCUT2D eigenvalue weighted by molar-refractivity contribution is 9.10. The Morgan fingerprint density at radius 2 is 1.75 bits per heavy atom. The van der Waals surface area contributed by atoms with Crippen LogP contribution in [0.3, 0.4) is 0 Å². The van der Waals surface area contributed by atoms with Gasteiger partial charge in [0.05, 0.1) is 0 Å². The molecule has 0 radical (unpaired) electrons. The van der Waals surface area contributed by atoms with Gasteiger partial charge in [0.15, 0.2) is 0 Å². The molecule has 3 N–H and O–H groups in total. The fraction of sp³-hybridized carbons (Fsp3) is 0.550. The van der Waals surface area contributed by atoms with Gasteiger partial charge in [0.1, 0.15) is 16.5 Å². The molecule has 0 heterocycles. The molecule has 0 aliphatic heterocycles. The number of benzene rings is 1. The molecule has 156 valence electrons. The minimum atomic E-state index is -0.887. The number of hydrogen-bond acceptors (Lipinski definition) is 6. The van der Waals surface area contributed by atoms with E-state index in [1.165, 1.54) is 0 Å². The van der Waals surface area contributed by atoms with E-state index in [0.29, 0.717) is 32.2 Å². The number of alkyl carbamates (subject to hydrolysis) is 1. The number of nitrogens with two attached hydrogens (primary N) is 1. The van der Waals surface area contributed by atoms with Gasteiger partial charge < -0.3 is 20.5 Å². The molecule has 0 fully saturated rings. The molecule has 7 nitrogen and oxygen atoms in total. The number of nitrogens with one attached hydrogen (secondary N) is 1. The average molecular weight is 457 g/mol. The van der Waals surface area contributed by atoms with Crippen molar-refractivity contribution in [1.29, 1.82) is 0 Å². The van der Waals surface area contributed by atoms with Crippen LogP contribution in [-0.2, 0) is 25.5 Å². The maximum atomic E-state index is 12.0. The number of esters is 2. The molecule has 28 heavy (non-hydrogen) atoms. The maximum absolute atomic E-state index is 12.0. The summed E-state index contributed by atoms with van der Waals surface area (Å²) in [6.07, 6.45) is 1.51. The first-order valence-corrected chi connectivity index (χ1v) is 10.2. The number of halogens is 1. The summed E-state index contributed by atoms with van der Waals surface area (Å²) in [5, 5.41) is 2.63. The third kappa shape index (κ3) is 10.4. The van der Waals surface area contributed by atoms with E-state index in [0.717, 1.165) is 5.56 Å². The molecule has 0 spiro atoms. The van der Waals surface area contributed by atoms with Gasteiger partial charge in [-0.3, -0.25) is 4.79 Å². The molecule has 0 aliphatic rings. The SMILES string of the molecule is CC(C)(C)OC(=O)NCCCC[C@H](N)C(=O)OC(=O)[C@H](Br)Cc1ccccc1. The fourth-order valence-electron chi connectivity index (χ4n) is 2.25. The minimum Gasteiger partial charge on any atom is -0.444 e. The van der Waals surface area contributed by atoms with E-state index in [4.69, 9.17) is 15.2 Å². The molecule has 1 rings (SSSR count). The van der Waals surface area contributed by atoms with Crippen LogP contribution in [0.1, 0.15) is 45.6 Å². The van der Waals surface area contributed by atoms with Crippen LogP contribution in [-0.4, -0.2) is 41.0 Å². The van der Waals surface area contributed by atoms with Crippen LogP contribution in [0.4, 0.5) is 4.79 Å². The monoisotopic (exact) mass is 456 g/mol. The highest BCUT2D eigenvalue weighted by Gasteiger charge is 2.24. The molecule has 0 aromatic heterocycles. The first kappa shape index (κ1) is 24.1. The summed E-state index contributed by atoms with van der Waals surface area (Å²) < 4.78 is 9.98. The lowest BCUT2D eigenvalue weighted by Gasteiger charge is -2.19. The molecule has 0 unspecified atom stereocenters. The molecule has 0 saturated carbocycles. The van der Waals surface area contributed by atoms with Crippen LogP contribution in [0, 0.1) is 0 Å². The average Bonchev–Trinajstić information content (AvgIpc) is 2.60. The Hall–Kier alpha value is -1.93. The maximum Gasteiger partial charge on any atom is 0.407 e. The summed E-state index contributed by atoms with van der Waals surface area (Å²) in [5.74, 6) is -1.40. The van der Waals surface area contributed by atoms with E-state index in [2.05, 4.69) is 21.2 Å². The van der Waals surface area contributed by atoms with Gasteiger partial charge in [-0.2, -0.15) is 0 Å². The molecule has 1 amide bonds. The van der Waals surface area contributed by atoms with Crippen molar-refractivity contribution in [3.63, 3.8) is 0 Å². The van der Waals surface area contributed by atoms with Crippen LogP contribution in [0.5, 0.6) is 0 Å². The first-order chi connectivity index (χ1) is 13.1. The number of carbonyl (C=O) groups excluding carboxylic acids is 3. The molecule has 8 heteroatoms. The lowest BCUT2D eigenvalue weighted by atomic mass is 10.1. The molecule has 1 aromatic rings. The van der Waals surface area contributed by atoms with Crippen LogP contribution in [0.15, 0.2) is 30.3 Å². The summed E-state index contributed by atoms with van der Waals surface area (Å²) in [4.78, 5) is 34.9. The summed E-state index contributed by atoms with van der Waals surface area (Å²) >= 11 is 3.25. The van der Waals surface area contributed by atoms with E-state index in [1.54, 1.807) is 20.8 Å². The van der Waals surface area contributed by atoms with Gasteiger partial charge in [0.2, 0.25) is 0 Å². The topological polar surface area (TPSA) is 108 Å². The van der Waals surface area contributed by atoms with E-state index in [-0.39, 0.29) is 0 Å². The highest BCUT2D eigenvalue weighted by atomic mass is 79.9. The minimum absolute atomic E-state index is 0.355. The highest BCUT2D eigenvalue weighted by Crippen LogP contribution is 2.12. The second-order valence-corrected chi connectivity index (χ2v) is 8.53. The lowest BCUT2D eigenvalue weighted by molar-refractivity contribution is -0.160. The zero-order chi connectivity index (χ0) is 21.2. The Morgan fingerprint density at radius 1 is 1.11 bits per heavy atom. The second kappa shape index (κ2) is 11.8. The van der Waals surface area contributed by atoms with Crippen molar-refractivity contribution in [3.8, 4) is 0 Å².